The van der Waals surface area contributed by atoms with Gasteiger partial charge >= 0.3 is 0 Å². The first-order valence-electron chi connectivity index (χ1n) is 5.21. The summed E-state index contributed by atoms with van der Waals surface area (Å²) in [4.78, 5) is 0.219. The van der Waals surface area contributed by atoms with Gasteiger partial charge in [-0.2, -0.15) is 9.40 Å². The maximum atomic E-state index is 12.0. The quantitative estimate of drug-likeness (QED) is 0.758. The molecule has 1 aromatic heterocycles. The van der Waals surface area contributed by atoms with Crippen LogP contribution < -0.4 is 5.73 Å². The molecular weight excluding hydrogens is 228 g/mol. The van der Waals surface area contributed by atoms with E-state index in [0.717, 1.165) is 13.0 Å². The molecule has 0 unspecified atom stereocenters. The zero-order valence-electron chi connectivity index (χ0n) is 9.63. The summed E-state index contributed by atoms with van der Waals surface area (Å²) in [7, 11) is -1.92. The molecule has 1 aromatic rings. The van der Waals surface area contributed by atoms with E-state index in [0.29, 0.717) is 13.1 Å². The van der Waals surface area contributed by atoms with E-state index in [4.69, 9.17) is 5.73 Å². The molecule has 0 aliphatic heterocycles. The molecule has 7 heteroatoms. The van der Waals surface area contributed by atoms with Crippen molar-refractivity contribution < 1.29 is 8.42 Å². The number of rotatable bonds is 6. The van der Waals surface area contributed by atoms with Gasteiger partial charge in [0.1, 0.15) is 4.90 Å². The van der Waals surface area contributed by atoms with Crippen LogP contribution in [0, 0.1) is 0 Å². The average molecular weight is 246 g/mol. The Hall–Kier alpha value is -0.920. The summed E-state index contributed by atoms with van der Waals surface area (Å²) in [5.41, 5.74) is 5.33. The lowest BCUT2D eigenvalue weighted by Gasteiger charge is -2.14. The Kier molecular flexibility index (Phi) is 4.45. The molecule has 0 saturated heterocycles. The van der Waals surface area contributed by atoms with Crippen molar-refractivity contribution >= 4 is 10.0 Å². The minimum absolute atomic E-state index is 0.219. The van der Waals surface area contributed by atoms with Gasteiger partial charge < -0.3 is 5.73 Å². The summed E-state index contributed by atoms with van der Waals surface area (Å²) >= 11 is 0. The van der Waals surface area contributed by atoms with Crippen LogP contribution in [0.3, 0.4) is 0 Å². The van der Waals surface area contributed by atoms with Crippen LogP contribution in [-0.4, -0.2) is 42.6 Å². The Balaban J connectivity index is 2.89. The first kappa shape index (κ1) is 13.1. The maximum absolute atomic E-state index is 12.0. The van der Waals surface area contributed by atoms with Gasteiger partial charge in [0.15, 0.2) is 0 Å². The van der Waals surface area contributed by atoms with Crippen LogP contribution in [-0.2, 0) is 16.6 Å². The molecule has 16 heavy (non-hydrogen) atoms. The summed E-state index contributed by atoms with van der Waals surface area (Å²) in [5.74, 6) is 0. The molecule has 1 rings (SSSR count). The smallest absolute Gasteiger partial charge is 0.245 e. The van der Waals surface area contributed by atoms with Crippen molar-refractivity contribution in [2.75, 3.05) is 20.1 Å². The lowest BCUT2D eigenvalue weighted by atomic mass is 10.5. The van der Waals surface area contributed by atoms with Crippen LogP contribution in [0.4, 0.5) is 0 Å². The number of aryl methyl sites for hydroxylation is 1. The van der Waals surface area contributed by atoms with E-state index in [-0.39, 0.29) is 4.90 Å². The van der Waals surface area contributed by atoms with Crippen molar-refractivity contribution in [3.8, 4) is 0 Å². The normalized spacial score (nSPS) is 12.2. The molecule has 0 aliphatic rings. The second kappa shape index (κ2) is 5.42. The Morgan fingerprint density at radius 1 is 1.56 bits per heavy atom. The first-order chi connectivity index (χ1) is 7.52. The Morgan fingerprint density at radius 2 is 2.25 bits per heavy atom. The number of nitrogens with two attached hydrogens (primary N) is 1. The number of aromatic nitrogens is 2. The van der Waals surface area contributed by atoms with E-state index in [2.05, 4.69) is 5.10 Å². The Morgan fingerprint density at radius 3 is 2.81 bits per heavy atom. The van der Waals surface area contributed by atoms with E-state index in [1.165, 1.54) is 17.5 Å². The molecule has 0 fully saturated rings. The highest BCUT2D eigenvalue weighted by atomic mass is 32.2. The summed E-state index contributed by atoms with van der Waals surface area (Å²) in [6.07, 6.45) is 3.84. The van der Waals surface area contributed by atoms with Crippen LogP contribution in [0.2, 0.25) is 0 Å². The minimum Gasteiger partial charge on any atom is -0.329 e. The average Bonchev–Trinajstić information content (AvgIpc) is 2.68. The van der Waals surface area contributed by atoms with Gasteiger partial charge in [-0.3, -0.25) is 4.68 Å². The van der Waals surface area contributed by atoms with Crippen LogP contribution in [0.1, 0.15) is 13.3 Å². The monoisotopic (exact) mass is 246 g/mol. The molecule has 0 spiro atoms. The lowest BCUT2D eigenvalue weighted by molar-refractivity contribution is 0.476. The third kappa shape index (κ3) is 2.81. The molecule has 0 aromatic carbocycles. The standard InChI is InChI=1S/C9H18N4O2S/c1-3-5-13-8-9(7-11-13)16(14,15)12(2)6-4-10/h7-8H,3-6,10H2,1-2H3. The Labute approximate surface area is 96.1 Å². The third-order valence-electron chi connectivity index (χ3n) is 2.21. The molecule has 0 radical (unpaired) electrons. The van der Waals surface area contributed by atoms with Gasteiger partial charge in [0.2, 0.25) is 10.0 Å². The van der Waals surface area contributed by atoms with Crippen molar-refractivity contribution in [1.82, 2.24) is 14.1 Å². The second-order valence-electron chi connectivity index (χ2n) is 3.55. The fourth-order valence-electron chi connectivity index (χ4n) is 1.31. The van der Waals surface area contributed by atoms with Crippen LogP contribution in [0.5, 0.6) is 0 Å². The number of hydrogen-bond donors (Lipinski definition) is 1. The van der Waals surface area contributed by atoms with E-state index >= 15 is 0 Å². The van der Waals surface area contributed by atoms with Gasteiger partial charge in [-0.1, -0.05) is 6.92 Å². The molecular formula is C9H18N4O2S. The van der Waals surface area contributed by atoms with Crippen LogP contribution in [0.15, 0.2) is 17.3 Å². The fourth-order valence-corrected chi connectivity index (χ4v) is 2.45. The molecule has 0 atom stereocenters. The number of sulfonamides is 1. The van der Waals surface area contributed by atoms with Gasteiger partial charge in [0.05, 0.1) is 6.20 Å². The van der Waals surface area contributed by atoms with Crippen molar-refractivity contribution in [2.45, 2.75) is 24.8 Å². The fraction of sp³-hybridized carbons (Fsp3) is 0.667. The summed E-state index contributed by atoms with van der Waals surface area (Å²) in [6, 6.07) is 0. The van der Waals surface area contributed by atoms with Crippen LogP contribution in [0.25, 0.3) is 0 Å². The predicted octanol–water partition coefficient (Wildman–Crippen LogP) is -0.128. The van der Waals surface area contributed by atoms with Crippen LogP contribution >= 0.6 is 0 Å². The molecule has 2 N–H and O–H groups in total. The van der Waals surface area contributed by atoms with E-state index in [9.17, 15) is 8.42 Å². The van der Waals surface area contributed by atoms with E-state index in [1.54, 1.807) is 10.9 Å². The van der Waals surface area contributed by atoms with Gasteiger partial charge in [0.25, 0.3) is 0 Å². The molecule has 92 valence electrons. The zero-order valence-corrected chi connectivity index (χ0v) is 10.4. The predicted molar refractivity (Wildman–Crippen MR) is 61.4 cm³/mol. The zero-order chi connectivity index (χ0) is 12.2. The van der Waals surface area contributed by atoms with Crippen molar-refractivity contribution in [1.29, 1.82) is 0 Å². The SMILES string of the molecule is CCCn1cc(S(=O)(=O)N(C)CCN)cn1. The largest absolute Gasteiger partial charge is 0.329 e. The summed E-state index contributed by atoms with van der Waals surface area (Å²) in [6.45, 7) is 3.34. The Bertz CT molecular complexity index is 426. The second-order valence-corrected chi connectivity index (χ2v) is 5.60. The highest BCUT2D eigenvalue weighted by Gasteiger charge is 2.21. The number of nitrogens with zero attached hydrogens (tertiary/aromatic N) is 3. The van der Waals surface area contributed by atoms with Gasteiger partial charge in [-0.05, 0) is 6.42 Å². The maximum Gasteiger partial charge on any atom is 0.245 e. The van der Waals surface area contributed by atoms with Gasteiger partial charge in [-0.25, -0.2) is 8.42 Å². The molecule has 1 heterocycles. The number of hydrogen-bond acceptors (Lipinski definition) is 4. The lowest BCUT2D eigenvalue weighted by Crippen LogP contribution is -2.31. The van der Waals surface area contributed by atoms with E-state index in [1.807, 2.05) is 6.92 Å². The van der Waals surface area contributed by atoms with Crippen molar-refractivity contribution in [3.05, 3.63) is 12.4 Å². The molecule has 0 aliphatic carbocycles. The van der Waals surface area contributed by atoms with Gasteiger partial charge in [-0.15, -0.1) is 0 Å². The first-order valence-corrected chi connectivity index (χ1v) is 6.65. The molecule has 0 saturated carbocycles. The third-order valence-corrected chi connectivity index (χ3v) is 4.02. The highest BCUT2D eigenvalue weighted by Crippen LogP contribution is 2.12. The topological polar surface area (TPSA) is 81.2 Å². The molecule has 6 nitrogen and oxygen atoms in total. The molecule has 0 amide bonds. The van der Waals surface area contributed by atoms with E-state index < -0.39 is 10.0 Å². The summed E-state index contributed by atoms with van der Waals surface area (Å²) < 4.78 is 26.8. The van der Waals surface area contributed by atoms with Crippen molar-refractivity contribution in [3.63, 3.8) is 0 Å². The van der Waals surface area contributed by atoms with Gasteiger partial charge in [0, 0.05) is 32.9 Å². The number of likely N-dealkylation sites (N-methyl/N-ethyl adjacent to an activating group) is 1. The summed E-state index contributed by atoms with van der Waals surface area (Å²) in [5, 5.41) is 3.99. The molecule has 0 bridgehead atoms. The minimum atomic E-state index is -3.43. The van der Waals surface area contributed by atoms with Crippen molar-refractivity contribution in [2.24, 2.45) is 5.73 Å². The highest BCUT2D eigenvalue weighted by molar-refractivity contribution is 7.89.